The van der Waals surface area contributed by atoms with Crippen LogP contribution in [0.4, 0.5) is 10.5 Å². The van der Waals surface area contributed by atoms with Gasteiger partial charge in [0.25, 0.3) is 0 Å². The molecule has 0 aromatic heterocycles. The van der Waals surface area contributed by atoms with Crippen molar-refractivity contribution in [2.45, 2.75) is 164 Å². The second kappa shape index (κ2) is 37.8. The molecule has 4 aliphatic carbocycles. The van der Waals surface area contributed by atoms with Gasteiger partial charge in [-0.3, -0.25) is 43.7 Å². The second-order valence-electron chi connectivity index (χ2n) is 32.6. The van der Waals surface area contributed by atoms with E-state index in [0.29, 0.717) is 37.1 Å². The summed E-state index contributed by atoms with van der Waals surface area (Å²) in [7, 11) is 3.44. The summed E-state index contributed by atoms with van der Waals surface area (Å²) in [6, 6.07) is 10.5. The smallest absolute Gasteiger partial charge is 0.325 e. The number of aliphatic hydroxyl groups excluding tert-OH is 5. The molecule has 6 aliphatic heterocycles. The van der Waals surface area contributed by atoms with Crippen LogP contribution in [0.15, 0.2) is 97.1 Å². The van der Waals surface area contributed by atoms with E-state index in [4.69, 9.17) is 57.4 Å². The first-order chi connectivity index (χ1) is 57.4. The summed E-state index contributed by atoms with van der Waals surface area (Å²) in [5.41, 5.74) is 4.48. The number of benzene rings is 6. The zero-order valence-corrected chi connectivity index (χ0v) is 68.1. The number of carbonyl (C=O) groups is 9. The molecule has 34 heteroatoms. The Morgan fingerprint density at radius 2 is 1.28 bits per heavy atom. The van der Waals surface area contributed by atoms with Gasteiger partial charge in [0.1, 0.15) is 114 Å². The van der Waals surface area contributed by atoms with Crippen molar-refractivity contribution in [3.63, 3.8) is 0 Å². The van der Waals surface area contributed by atoms with Crippen molar-refractivity contribution in [2.75, 3.05) is 52.3 Å². The molecule has 1 saturated heterocycles. The van der Waals surface area contributed by atoms with E-state index in [1.54, 1.807) is 21.0 Å². The molecule has 18 N–H and O–H groups in total. The van der Waals surface area contributed by atoms with Crippen molar-refractivity contribution < 1.29 is 112 Å². The number of anilines is 1. The van der Waals surface area contributed by atoms with Gasteiger partial charge in [-0.25, -0.2) is 4.79 Å². The van der Waals surface area contributed by atoms with Crippen LogP contribution >= 0.6 is 23.2 Å². The van der Waals surface area contributed by atoms with Gasteiger partial charge in [0.15, 0.2) is 28.8 Å². The van der Waals surface area contributed by atoms with Crippen LogP contribution in [0.25, 0.3) is 11.1 Å². The van der Waals surface area contributed by atoms with Gasteiger partial charge in [0.2, 0.25) is 41.6 Å². The van der Waals surface area contributed by atoms with E-state index in [2.05, 4.69) is 42.5 Å². The number of nitrogens with one attached hydrogen (secondary N) is 8. The van der Waals surface area contributed by atoms with Gasteiger partial charge in [-0.1, -0.05) is 62.2 Å². The molecule has 0 radical (unpaired) electrons. The number of fused-ring (bicyclic) bond motifs is 15. The Balaban J connectivity index is 0.983. The third kappa shape index (κ3) is 19.4. The first kappa shape index (κ1) is 87.6. The van der Waals surface area contributed by atoms with E-state index in [-0.39, 0.29) is 122 Å². The Hall–Kier alpha value is -10.2. The maximum Gasteiger partial charge on any atom is 0.325 e. The second-order valence-corrected chi connectivity index (χ2v) is 33.4. The Morgan fingerprint density at radius 3 is 1.91 bits per heavy atom. The molecule has 32 nitrogen and oxygen atoms in total. The van der Waals surface area contributed by atoms with Gasteiger partial charge in [0.05, 0.1) is 27.6 Å². The van der Waals surface area contributed by atoms with Crippen LogP contribution in [0.5, 0.6) is 57.5 Å². The SMILES string of the molecule is CC[C@H](CC(C)C)C(=O)N[C@H]1C(=O)C[C@@H](CC(=O)NC(=O)Nc2ccc(OCCNC)cc2OCCNC)C(=O)N[C@H]2C(=O)C[C@H]3C(=O)N[C@H](C(=O)N[C@H](C(=O)CC4C5CC6CC(C5)CC4C6)c4cc(O)cc(O)c4-c4cc3ccc4O)[C@H](O)c3ccc(c(Cl)c3)Oc3cc2cc(c3O[C@@H]2O[C@H](CN)[C@@H](O)[C@H](O)[C@H]2O)Oc2ccc(cc2Cl)[C@H]1O. The number of hydrogen-bond acceptors (Lipinski definition) is 26. The maximum absolute atomic E-state index is 16.6. The number of nitrogens with two attached hydrogens (primary N) is 1. The fraction of sp³-hybridized carbons (Fsp3) is 0.477. The number of aliphatic hydroxyl groups is 5. The number of Topliss-reactive ketones (excluding diaryl/α,β-unsaturated/α-hetero) is 3. The average molecular weight is 1700 g/mol. The first-order valence-electron chi connectivity index (χ1n) is 40.4. The number of hydrogen-bond donors (Lipinski definition) is 17. The minimum atomic E-state index is -2.23. The van der Waals surface area contributed by atoms with Gasteiger partial charge < -0.3 is 112 Å². The monoisotopic (exact) mass is 1700 g/mol. The van der Waals surface area contributed by atoms with Gasteiger partial charge >= 0.3 is 6.03 Å². The van der Waals surface area contributed by atoms with Gasteiger partial charge in [-0.15, -0.1) is 0 Å². The summed E-state index contributed by atoms with van der Waals surface area (Å²) in [5, 5.41) is 116. The topological polar surface area (TPSA) is 493 Å². The third-order valence-electron chi connectivity index (χ3n) is 23.9. The van der Waals surface area contributed by atoms with Crippen LogP contribution in [0.1, 0.15) is 149 Å². The molecule has 6 aromatic carbocycles. The molecule has 6 heterocycles. The van der Waals surface area contributed by atoms with Crippen LogP contribution < -0.4 is 72.0 Å². The molecule has 5 fully saturated rings. The number of likely N-dealkylation sites (N-methyl/N-ethyl adjacent to an activating group) is 2. The third-order valence-corrected chi connectivity index (χ3v) is 24.5. The predicted octanol–water partition coefficient (Wildman–Crippen LogP) is 7.26. The molecule has 0 unspecified atom stereocenters. The number of imide groups is 1. The number of ether oxygens (including phenoxy) is 6. The number of halogens is 2. The fourth-order valence-corrected chi connectivity index (χ4v) is 18.4. The van der Waals surface area contributed by atoms with Crippen LogP contribution in [0, 0.1) is 47.3 Å². The van der Waals surface area contributed by atoms with Gasteiger partial charge in [-0.05, 0) is 189 Å². The molecule has 15 bridgehead atoms. The number of phenols is 3. The molecular formula is C86H101Cl2N9O23. The normalized spacial score (nSPS) is 27.3. The van der Waals surface area contributed by atoms with Crippen molar-refractivity contribution >= 4 is 81.8 Å². The van der Waals surface area contributed by atoms with E-state index < -0.39 is 198 Å². The molecule has 4 saturated carbocycles. The lowest BCUT2D eigenvalue weighted by Crippen LogP contribution is -2.60. The number of amides is 7. The maximum atomic E-state index is 16.6. The van der Waals surface area contributed by atoms with Crippen molar-refractivity contribution in [3.8, 4) is 68.6 Å². The van der Waals surface area contributed by atoms with Crippen LogP contribution in [-0.2, 0) is 43.1 Å². The Labute approximate surface area is 701 Å². The minimum Gasteiger partial charge on any atom is -0.508 e. The lowest BCUT2D eigenvalue weighted by Gasteiger charge is -2.54. The molecule has 0 spiro atoms. The summed E-state index contributed by atoms with van der Waals surface area (Å²) in [5.74, 6) is -15.6. The van der Waals surface area contributed by atoms with Gasteiger partial charge in [0, 0.05) is 74.5 Å². The quantitative estimate of drug-likeness (QED) is 0.0297. The number of ketones is 3. The molecule has 7 amide bonds. The average Bonchev–Trinajstić information content (AvgIpc) is 0.759. The summed E-state index contributed by atoms with van der Waals surface area (Å²) in [6.45, 7) is 6.27. The number of urea groups is 1. The molecule has 642 valence electrons. The fourth-order valence-electron chi connectivity index (χ4n) is 18.0. The highest BCUT2D eigenvalue weighted by atomic mass is 35.5. The highest BCUT2D eigenvalue weighted by Gasteiger charge is 2.51. The van der Waals surface area contributed by atoms with Gasteiger partial charge in [-0.2, -0.15) is 0 Å². The van der Waals surface area contributed by atoms with Crippen molar-refractivity contribution in [3.05, 3.63) is 135 Å². The number of carbonyl (C=O) groups excluding carboxylic acids is 9. The molecule has 6 aromatic rings. The number of phenolic OH excluding ortho intramolecular Hbond substituents is 3. The van der Waals surface area contributed by atoms with E-state index in [9.17, 15) is 55.2 Å². The molecule has 16 rings (SSSR count). The number of rotatable bonds is 22. The molecule has 10 aliphatic rings. The zero-order chi connectivity index (χ0) is 85.8. The largest absolute Gasteiger partial charge is 0.508 e. The lowest BCUT2D eigenvalue weighted by molar-refractivity contribution is -0.270. The summed E-state index contributed by atoms with van der Waals surface area (Å²) >= 11 is 14.4. The zero-order valence-electron chi connectivity index (χ0n) is 66.6. The van der Waals surface area contributed by atoms with Crippen LogP contribution in [0.3, 0.4) is 0 Å². The Bertz CT molecular complexity index is 4870. The highest BCUT2D eigenvalue weighted by Crippen LogP contribution is 2.58. The molecule has 14 atom stereocenters. The standard InChI is InChI=1S/C86H101Cl2N9O23/c1-6-41(19-38(2)3)81(110)96-73-60(101)28-48(31-69(104)93-86(114)92-57-11-10-50(115-17-15-90-4)34-65(57)116-18-16-91-5)82(111)94-71-47-29-66(117-63-13-8-43(75(73)105)26-55(63)87)80(120-85-79(109)78(108)77(107)68(37-89)119-85)67(30-47)118-64-14-9-44(27-56(64)88)76(106)74-84(113)95-72(62(103)35-51-45-21-39-20-40(23-45)24-46(51)22-39)54-32-49(98)33-59(100)70(54)53-25-42(7-12-58(53)99)52(36-61(71)102)83(112)97-74/h7-14,25-27,29-30,32-34,38-41,45-46,48,51-52,68,71-79,85,90-91,98-100,105-109H,6,15-24,28,31,35-37,89H2,1-5H3,(H,94,111)(H,95,113)(H,96,110)(H,97,112)(H2,92,93,104,114)/t39?,40?,41-,45?,46?,48+,51?,52-,68-,71-,72+,73+,74+,75-,76-,77-,78+,79-,85+/m1/s1. The van der Waals surface area contributed by atoms with E-state index >= 15 is 28.8 Å². The Kier molecular flexibility index (Phi) is 27.6. The summed E-state index contributed by atoms with van der Waals surface area (Å²) < 4.78 is 37.7. The first-order valence-corrected chi connectivity index (χ1v) is 41.2. The Morgan fingerprint density at radius 1 is 0.642 bits per heavy atom. The van der Waals surface area contributed by atoms with Crippen LogP contribution in [-0.4, -0.2) is 184 Å². The minimum absolute atomic E-state index is 0.0478. The lowest BCUT2D eigenvalue weighted by atomic mass is 9.51. The number of aromatic hydroxyl groups is 3. The van der Waals surface area contributed by atoms with E-state index in [0.717, 1.165) is 62.4 Å². The predicted molar refractivity (Wildman–Crippen MR) is 434 cm³/mol. The van der Waals surface area contributed by atoms with Crippen molar-refractivity contribution in [1.82, 2.24) is 37.2 Å². The molecular weight excluding hydrogens is 1600 g/mol. The summed E-state index contributed by atoms with van der Waals surface area (Å²) in [6.07, 6.45) is -11.4. The van der Waals surface area contributed by atoms with E-state index in [1.807, 2.05) is 13.8 Å². The summed E-state index contributed by atoms with van der Waals surface area (Å²) in [4.78, 5) is 139. The van der Waals surface area contributed by atoms with Crippen molar-refractivity contribution in [2.24, 2.45) is 53.1 Å². The van der Waals surface area contributed by atoms with Crippen molar-refractivity contribution in [1.29, 1.82) is 0 Å². The van der Waals surface area contributed by atoms with Crippen LogP contribution in [0.2, 0.25) is 10.0 Å². The highest BCUT2D eigenvalue weighted by molar-refractivity contribution is 6.32. The van der Waals surface area contributed by atoms with E-state index in [1.165, 1.54) is 66.7 Å². The molecule has 120 heavy (non-hydrogen) atoms.